The van der Waals surface area contributed by atoms with Gasteiger partial charge < -0.3 is 10.4 Å². The van der Waals surface area contributed by atoms with Gasteiger partial charge in [0.05, 0.1) is 6.61 Å². The van der Waals surface area contributed by atoms with Gasteiger partial charge in [-0.1, -0.05) is 30.7 Å². The Kier molecular flexibility index (Phi) is 3.31. The third-order valence-electron chi connectivity index (χ3n) is 4.06. The van der Waals surface area contributed by atoms with Gasteiger partial charge in [0.25, 0.3) is 0 Å². The van der Waals surface area contributed by atoms with Crippen molar-refractivity contribution in [3.05, 3.63) is 35.4 Å². The summed E-state index contributed by atoms with van der Waals surface area (Å²) in [6.45, 7) is 2.43. The fourth-order valence-electron chi connectivity index (χ4n) is 2.87. The second kappa shape index (κ2) is 4.56. The highest BCUT2D eigenvalue weighted by atomic mass is 16.3. The number of benzene rings is 1. The molecule has 0 saturated heterocycles. The van der Waals surface area contributed by atoms with Crippen LogP contribution >= 0.6 is 0 Å². The van der Waals surface area contributed by atoms with E-state index in [-0.39, 0.29) is 18.1 Å². The number of aliphatic hydroxyl groups excluding tert-OH is 1. The van der Waals surface area contributed by atoms with Gasteiger partial charge in [0, 0.05) is 11.5 Å². The van der Waals surface area contributed by atoms with Crippen LogP contribution in [-0.4, -0.2) is 18.8 Å². The normalized spacial score (nSPS) is 20.2. The van der Waals surface area contributed by atoms with Gasteiger partial charge in [-0.3, -0.25) is 0 Å². The van der Waals surface area contributed by atoms with Crippen LogP contribution in [0.4, 0.5) is 0 Å². The third kappa shape index (κ3) is 1.76. The maximum absolute atomic E-state index is 9.65. The van der Waals surface area contributed by atoms with Crippen LogP contribution in [0.5, 0.6) is 0 Å². The zero-order chi connectivity index (χ0) is 11.6. The number of aryl methyl sites for hydroxylation is 1. The Bertz CT molecular complexity index is 352. The van der Waals surface area contributed by atoms with E-state index >= 15 is 0 Å². The van der Waals surface area contributed by atoms with Crippen molar-refractivity contribution >= 4 is 0 Å². The van der Waals surface area contributed by atoms with Crippen molar-refractivity contribution in [3.63, 3.8) is 0 Å². The monoisotopic (exact) mass is 219 g/mol. The Balaban J connectivity index is 2.32. The summed E-state index contributed by atoms with van der Waals surface area (Å²) >= 11 is 0. The number of rotatable bonds is 4. The molecule has 2 nitrogen and oxygen atoms in total. The van der Waals surface area contributed by atoms with Gasteiger partial charge in [0.1, 0.15) is 0 Å². The molecular weight excluding hydrogens is 198 g/mol. The predicted octanol–water partition coefficient (Wildman–Crippen LogP) is 2.42. The minimum Gasteiger partial charge on any atom is -0.396 e. The smallest absolute Gasteiger partial charge is 0.0505 e. The summed E-state index contributed by atoms with van der Waals surface area (Å²) in [5.41, 5.74) is 2.71. The van der Waals surface area contributed by atoms with Gasteiger partial charge in [-0.2, -0.15) is 0 Å². The van der Waals surface area contributed by atoms with Crippen LogP contribution < -0.4 is 5.32 Å². The van der Waals surface area contributed by atoms with Gasteiger partial charge in [-0.15, -0.1) is 0 Å². The standard InChI is InChI=1S/C14H21NO/c1-11-6-3-4-7-12(11)13(15-2)14(10-16)8-5-9-14/h3-4,6-7,13,15-16H,5,8-10H2,1-2H3. The molecule has 2 heteroatoms. The lowest BCUT2D eigenvalue weighted by molar-refractivity contribution is 0.00764. The molecular formula is C14H21NO. The van der Waals surface area contributed by atoms with E-state index in [1.54, 1.807) is 0 Å². The number of hydrogen-bond acceptors (Lipinski definition) is 2. The average Bonchev–Trinajstić information content (AvgIpc) is 2.25. The first-order valence-electron chi connectivity index (χ1n) is 6.07. The Morgan fingerprint density at radius 3 is 2.50 bits per heavy atom. The van der Waals surface area contributed by atoms with E-state index in [2.05, 4.69) is 36.5 Å². The molecule has 1 aromatic carbocycles. The van der Waals surface area contributed by atoms with Crippen LogP contribution in [0.1, 0.15) is 36.4 Å². The predicted molar refractivity (Wildman–Crippen MR) is 66.3 cm³/mol. The molecule has 0 aliphatic heterocycles. The highest BCUT2D eigenvalue weighted by Crippen LogP contribution is 2.50. The van der Waals surface area contributed by atoms with E-state index in [0.29, 0.717) is 0 Å². The molecule has 0 bridgehead atoms. The second-order valence-electron chi connectivity index (χ2n) is 4.95. The lowest BCUT2D eigenvalue weighted by atomic mass is 9.62. The highest BCUT2D eigenvalue weighted by Gasteiger charge is 2.43. The number of hydrogen-bond donors (Lipinski definition) is 2. The maximum Gasteiger partial charge on any atom is 0.0505 e. The molecule has 16 heavy (non-hydrogen) atoms. The molecule has 1 saturated carbocycles. The lowest BCUT2D eigenvalue weighted by Crippen LogP contribution is -2.45. The molecule has 88 valence electrons. The third-order valence-corrected chi connectivity index (χ3v) is 4.06. The second-order valence-corrected chi connectivity index (χ2v) is 4.95. The maximum atomic E-state index is 9.65. The Morgan fingerprint density at radius 1 is 1.38 bits per heavy atom. The molecule has 2 N–H and O–H groups in total. The number of aliphatic hydroxyl groups is 1. The zero-order valence-corrected chi connectivity index (χ0v) is 10.2. The largest absolute Gasteiger partial charge is 0.396 e. The minimum atomic E-state index is 0.0703. The summed E-state index contributed by atoms with van der Waals surface area (Å²) in [5, 5.41) is 13.0. The molecule has 1 aromatic rings. The molecule has 1 aliphatic carbocycles. The van der Waals surface area contributed by atoms with E-state index in [4.69, 9.17) is 0 Å². The molecule has 1 atom stereocenters. The average molecular weight is 219 g/mol. The van der Waals surface area contributed by atoms with Crippen molar-refractivity contribution in [2.75, 3.05) is 13.7 Å². The van der Waals surface area contributed by atoms with Gasteiger partial charge in [0.2, 0.25) is 0 Å². The molecule has 0 amide bonds. The minimum absolute atomic E-state index is 0.0703. The van der Waals surface area contributed by atoms with Gasteiger partial charge in [-0.05, 0) is 37.9 Å². The molecule has 0 spiro atoms. The molecule has 0 radical (unpaired) electrons. The summed E-state index contributed by atoms with van der Waals surface area (Å²) in [4.78, 5) is 0. The quantitative estimate of drug-likeness (QED) is 0.815. The summed E-state index contributed by atoms with van der Waals surface area (Å²) in [6, 6.07) is 8.75. The topological polar surface area (TPSA) is 32.3 Å². The van der Waals surface area contributed by atoms with Crippen LogP contribution in [0.2, 0.25) is 0 Å². The molecule has 1 unspecified atom stereocenters. The lowest BCUT2D eigenvalue weighted by Gasteiger charge is -2.47. The fraction of sp³-hybridized carbons (Fsp3) is 0.571. The van der Waals surface area contributed by atoms with Crippen LogP contribution in [-0.2, 0) is 0 Å². The summed E-state index contributed by atoms with van der Waals surface area (Å²) in [5.74, 6) is 0. The van der Waals surface area contributed by atoms with Crippen molar-refractivity contribution in [2.45, 2.75) is 32.2 Å². The molecule has 0 heterocycles. The Morgan fingerprint density at radius 2 is 2.06 bits per heavy atom. The van der Waals surface area contributed by atoms with Crippen molar-refractivity contribution in [3.8, 4) is 0 Å². The van der Waals surface area contributed by atoms with Crippen molar-refractivity contribution in [1.82, 2.24) is 5.32 Å². The highest BCUT2D eigenvalue weighted by molar-refractivity contribution is 5.31. The van der Waals surface area contributed by atoms with E-state index in [0.717, 1.165) is 12.8 Å². The van der Waals surface area contributed by atoms with Gasteiger partial charge in [-0.25, -0.2) is 0 Å². The van der Waals surface area contributed by atoms with Crippen LogP contribution in [0.3, 0.4) is 0 Å². The fourth-order valence-corrected chi connectivity index (χ4v) is 2.87. The Hall–Kier alpha value is -0.860. The van der Waals surface area contributed by atoms with Crippen molar-refractivity contribution < 1.29 is 5.11 Å². The van der Waals surface area contributed by atoms with E-state index < -0.39 is 0 Å². The van der Waals surface area contributed by atoms with Crippen LogP contribution in [0.25, 0.3) is 0 Å². The SMILES string of the molecule is CNC(c1ccccc1C)C1(CO)CCC1. The molecule has 1 aliphatic rings. The summed E-state index contributed by atoms with van der Waals surface area (Å²) in [6.07, 6.45) is 3.50. The zero-order valence-electron chi connectivity index (χ0n) is 10.2. The van der Waals surface area contributed by atoms with Crippen LogP contribution in [0.15, 0.2) is 24.3 Å². The Labute approximate surface area is 97.7 Å². The van der Waals surface area contributed by atoms with Crippen molar-refractivity contribution in [2.24, 2.45) is 5.41 Å². The summed E-state index contributed by atoms with van der Waals surface area (Å²) < 4.78 is 0. The first-order chi connectivity index (χ1) is 7.73. The molecule has 0 aromatic heterocycles. The van der Waals surface area contributed by atoms with Crippen LogP contribution in [0, 0.1) is 12.3 Å². The van der Waals surface area contributed by atoms with E-state index in [1.807, 2.05) is 7.05 Å². The first-order valence-corrected chi connectivity index (χ1v) is 6.07. The van der Waals surface area contributed by atoms with E-state index in [9.17, 15) is 5.11 Å². The van der Waals surface area contributed by atoms with Gasteiger partial charge in [0.15, 0.2) is 0 Å². The summed E-state index contributed by atoms with van der Waals surface area (Å²) in [7, 11) is 1.99. The van der Waals surface area contributed by atoms with Crippen molar-refractivity contribution in [1.29, 1.82) is 0 Å². The molecule has 1 fully saturated rings. The molecule has 2 rings (SSSR count). The first kappa shape index (κ1) is 11.6. The van der Waals surface area contributed by atoms with E-state index in [1.165, 1.54) is 17.5 Å². The van der Waals surface area contributed by atoms with Gasteiger partial charge >= 0.3 is 0 Å². The number of nitrogens with one attached hydrogen (secondary N) is 1.